The summed E-state index contributed by atoms with van der Waals surface area (Å²) < 4.78 is 5.71. The van der Waals surface area contributed by atoms with Crippen LogP contribution in [-0.4, -0.2) is 11.0 Å². The number of oxazole rings is 1. The molecule has 102 valence electrons. The predicted molar refractivity (Wildman–Crippen MR) is 78.1 cm³/mol. The van der Waals surface area contributed by atoms with E-state index in [0.717, 1.165) is 17.0 Å². The molecule has 1 aromatic carbocycles. The summed E-state index contributed by atoms with van der Waals surface area (Å²) in [5.41, 5.74) is 8.06. The van der Waals surface area contributed by atoms with Gasteiger partial charge in [-0.05, 0) is 37.8 Å². The minimum atomic E-state index is 0.398. The lowest BCUT2D eigenvalue weighted by molar-refractivity contribution is 0.325. The molecule has 1 fully saturated rings. The molecule has 0 saturated heterocycles. The van der Waals surface area contributed by atoms with Gasteiger partial charge in [0, 0.05) is 6.04 Å². The fourth-order valence-electron chi connectivity index (χ4n) is 2.98. The highest BCUT2D eigenvalue weighted by Crippen LogP contribution is 2.29. The summed E-state index contributed by atoms with van der Waals surface area (Å²) in [4.78, 5) is 4.44. The first kappa shape index (κ1) is 12.3. The number of hydrogen-bond donors (Lipinski definition) is 2. The molecule has 0 spiro atoms. The maximum absolute atomic E-state index is 5.89. The lowest BCUT2D eigenvalue weighted by atomic mass is 9.85. The van der Waals surface area contributed by atoms with Gasteiger partial charge in [0.15, 0.2) is 5.58 Å². The van der Waals surface area contributed by atoms with Crippen LogP contribution in [0, 0.1) is 5.92 Å². The van der Waals surface area contributed by atoms with E-state index in [0.29, 0.717) is 17.7 Å². The summed E-state index contributed by atoms with van der Waals surface area (Å²) in [5.74, 6) is 0.723. The van der Waals surface area contributed by atoms with Gasteiger partial charge >= 0.3 is 0 Å². The monoisotopic (exact) mass is 259 g/mol. The number of nitrogens with zero attached hydrogens (tertiary/aromatic N) is 1. The van der Waals surface area contributed by atoms with Gasteiger partial charge in [0.2, 0.25) is 0 Å². The Morgan fingerprint density at radius 3 is 2.84 bits per heavy atom. The van der Waals surface area contributed by atoms with Crippen molar-refractivity contribution < 1.29 is 4.42 Å². The third kappa shape index (κ3) is 2.53. The molecular formula is C15H21N3O. The van der Waals surface area contributed by atoms with Gasteiger partial charge in [-0.3, -0.25) is 0 Å². The molecule has 0 aliphatic heterocycles. The summed E-state index contributed by atoms with van der Waals surface area (Å²) in [5, 5.41) is 3.39. The second kappa shape index (κ2) is 5.11. The number of fused-ring (bicyclic) bond motifs is 1. The predicted octanol–water partition coefficient (Wildman–Crippen LogP) is 3.79. The number of nitrogen functional groups attached to an aromatic ring is 1. The summed E-state index contributed by atoms with van der Waals surface area (Å²) in [6.45, 7) is 2.22. The summed E-state index contributed by atoms with van der Waals surface area (Å²) in [7, 11) is 0. The standard InChI is InChI=1S/C15H21N3O/c1-10(11-6-3-2-4-7-11)17-15-18-14-12(16)8-5-9-13(14)19-15/h5,8-11H,2-4,6-7,16H2,1H3,(H,17,18). The van der Waals surface area contributed by atoms with Crippen molar-refractivity contribution in [1.82, 2.24) is 4.98 Å². The molecule has 2 aromatic rings. The van der Waals surface area contributed by atoms with E-state index in [1.165, 1.54) is 32.1 Å². The molecule has 4 heteroatoms. The minimum Gasteiger partial charge on any atom is -0.423 e. The molecule has 0 radical (unpaired) electrons. The van der Waals surface area contributed by atoms with Crippen LogP contribution in [0.5, 0.6) is 0 Å². The van der Waals surface area contributed by atoms with Crippen molar-refractivity contribution in [2.24, 2.45) is 5.92 Å². The molecule has 1 aliphatic rings. The van der Waals surface area contributed by atoms with Gasteiger partial charge in [-0.2, -0.15) is 4.98 Å². The lowest BCUT2D eigenvalue weighted by Crippen LogP contribution is -2.27. The number of nitrogens with one attached hydrogen (secondary N) is 1. The van der Waals surface area contributed by atoms with Crippen LogP contribution in [-0.2, 0) is 0 Å². The van der Waals surface area contributed by atoms with Gasteiger partial charge in [0.05, 0.1) is 5.69 Å². The minimum absolute atomic E-state index is 0.398. The Bertz CT molecular complexity index is 558. The number of anilines is 2. The fourth-order valence-corrected chi connectivity index (χ4v) is 2.98. The average Bonchev–Trinajstić information content (AvgIpc) is 2.84. The van der Waals surface area contributed by atoms with E-state index in [1.54, 1.807) is 0 Å². The zero-order chi connectivity index (χ0) is 13.2. The van der Waals surface area contributed by atoms with E-state index < -0.39 is 0 Å². The van der Waals surface area contributed by atoms with Gasteiger partial charge in [-0.25, -0.2) is 0 Å². The van der Waals surface area contributed by atoms with E-state index in [-0.39, 0.29) is 0 Å². The highest BCUT2D eigenvalue weighted by molar-refractivity contribution is 5.86. The summed E-state index contributed by atoms with van der Waals surface area (Å²) >= 11 is 0. The van der Waals surface area contributed by atoms with E-state index >= 15 is 0 Å². The Hall–Kier alpha value is -1.71. The normalized spacial score (nSPS) is 18.6. The van der Waals surface area contributed by atoms with Crippen molar-refractivity contribution in [2.75, 3.05) is 11.1 Å². The van der Waals surface area contributed by atoms with Crippen LogP contribution >= 0.6 is 0 Å². The molecule has 1 unspecified atom stereocenters. The fraction of sp³-hybridized carbons (Fsp3) is 0.533. The summed E-state index contributed by atoms with van der Waals surface area (Å²) in [6.07, 6.45) is 6.67. The molecule has 19 heavy (non-hydrogen) atoms. The third-order valence-corrected chi connectivity index (χ3v) is 4.16. The Balaban J connectivity index is 1.75. The van der Waals surface area contributed by atoms with Crippen LogP contribution in [0.1, 0.15) is 39.0 Å². The quantitative estimate of drug-likeness (QED) is 0.823. The smallest absolute Gasteiger partial charge is 0.295 e. The zero-order valence-corrected chi connectivity index (χ0v) is 11.4. The SMILES string of the molecule is CC(Nc1nc2c(N)cccc2o1)C1CCCCC1. The molecule has 0 amide bonds. The van der Waals surface area contributed by atoms with Crippen LogP contribution in [0.2, 0.25) is 0 Å². The number of hydrogen-bond acceptors (Lipinski definition) is 4. The topological polar surface area (TPSA) is 64.1 Å². The first-order valence-corrected chi connectivity index (χ1v) is 7.15. The van der Waals surface area contributed by atoms with Gasteiger partial charge in [0.1, 0.15) is 5.52 Å². The zero-order valence-electron chi connectivity index (χ0n) is 11.4. The largest absolute Gasteiger partial charge is 0.423 e. The molecule has 1 aromatic heterocycles. The van der Waals surface area contributed by atoms with Gasteiger partial charge in [-0.1, -0.05) is 25.3 Å². The molecular weight excluding hydrogens is 238 g/mol. The maximum atomic E-state index is 5.89. The highest BCUT2D eigenvalue weighted by atomic mass is 16.4. The van der Waals surface area contributed by atoms with E-state index in [2.05, 4.69) is 17.2 Å². The van der Waals surface area contributed by atoms with Crippen molar-refractivity contribution >= 4 is 22.8 Å². The van der Waals surface area contributed by atoms with Gasteiger partial charge in [0.25, 0.3) is 6.01 Å². The van der Waals surface area contributed by atoms with Crippen LogP contribution in [0.3, 0.4) is 0 Å². The van der Waals surface area contributed by atoms with Crippen LogP contribution in [0.25, 0.3) is 11.1 Å². The van der Waals surface area contributed by atoms with Crippen molar-refractivity contribution in [2.45, 2.75) is 45.1 Å². The molecule has 4 nitrogen and oxygen atoms in total. The number of benzene rings is 1. The van der Waals surface area contributed by atoms with Crippen LogP contribution in [0.15, 0.2) is 22.6 Å². The second-order valence-corrected chi connectivity index (χ2v) is 5.54. The van der Waals surface area contributed by atoms with Crippen LogP contribution < -0.4 is 11.1 Å². The Labute approximate surface area is 113 Å². The maximum Gasteiger partial charge on any atom is 0.295 e. The molecule has 1 atom stereocenters. The Morgan fingerprint density at radius 2 is 2.11 bits per heavy atom. The van der Waals surface area contributed by atoms with E-state index in [9.17, 15) is 0 Å². The van der Waals surface area contributed by atoms with Crippen molar-refractivity contribution in [3.05, 3.63) is 18.2 Å². The second-order valence-electron chi connectivity index (χ2n) is 5.54. The first-order valence-electron chi connectivity index (χ1n) is 7.15. The number of rotatable bonds is 3. The van der Waals surface area contributed by atoms with Crippen molar-refractivity contribution in [3.63, 3.8) is 0 Å². The summed E-state index contributed by atoms with van der Waals surface area (Å²) in [6, 6.07) is 6.62. The number of para-hydroxylation sites is 1. The molecule has 1 heterocycles. The molecule has 3 rings (SSSR count). The van der Waals surface area contributed by atoms with Gasteiger partial charge in [-0.15, -0.1) is 0 Å². The molecule has 1 aliphatic carbocycles. The number of aromatic nitrogens is 1. The molecule has 3 N–H and O–H groups in total. The highest BCUT2D eigenvalue weighted by Gasteiger charge is 2.21. The number of nitrogens with two attached hydrogens (primary N) is 1. The van der Waals surface area contributed by atoms with Crippen molar-refractivity contribution in [3.8, 4) is 0 Å². The van der Waals surface area contributed by atoms with E-state index in [4.69, 9.17) is 10.2 Å². The van der Waals surface area contributed by atoms with Crippen LogP contribution in [0.4, 0.5) is 11.7 Å². The van der Waals surface area contributed by atoms with E-state index in [1.807, 2.05) is 18.2 Å². The third-order valence-electron chi connectivity index (χ3n) is 4.16. The van der Waals surface area contributed by atoms with Crippen molar-refractivity contribution in [1.29, 1.82) is 0 Å². The Morgan fingerprint density at radius 1 is 1.32 bits per heavy atom. The Kier molecular flexibility index (Phi) is 3.32. The molecule has 0 bridgehead atoms. The first-order chi connectivity index (χ1) is 9.24. The molecule has 1 saturated carbocycles. The average molecular weight is 259 g/mol. The van der Waals surface area contributed by atoms with Gasteiger partial charge < -0.3 is 15.5 Å². The lowest BCUT2D eigenvalue weighted by Gasteiger charge is -2.27.